The first-order chi connectivity index (χ1) is 13.3. The number of hydrogen-bond acceptors (Lipinski definition) is 4. The lowest BCUT2D eigenvalue weighted by molar-refractivity contribution is 0.124. The quantitative estimate of drug-likeness (QED) is 0.461. The predicted octanol–water partition coefficient (Wildman–Crippen LogP) is 4.34. The Hall–Kier alpha value is -2.18. The minimum Gasteiger partial charge on any atom is -0.493 e. The monoisotopic (exact) mass is 403 g/mol. The van der Waals surface area contributed by atoms with Crippen molar-refractivity contribution >= 4 is 17.2 Å². The Morgan fingerprint density at radius 3 is 2.29 bits per heavy atom. The van der Waals surface area contributed by atoms with E-state index in [1.807, 2.05) is 63.2 Å². The summed E-state index contributed by atoms with van der Waals surface area (Å²) in [6.45, 7) is 6.80. The third-order valence-electron chi connectivity index (χ3n) is 4.08. The standard InChI is InChI=1S/C22H29NO4S/c1-22(2,3)28(24)23-15-19-14-21(26-5)20(25-4)13-18(19)11-12-27-16-17-9-7-6-8-10-17/h6-10,13-15H,11-12,16H2,1-5H3/b23-15+/t28-/m1/s1. The average Bonchev–Trinajstić information content (AvgIpc) is 2.69. The summed E-state index contributed by atoms with van der Waals surface area (Å²) in [5, 5.41) is 0. The molecule has 0 saturated carbocycles. The molecule has 0 saturated heterocycles. The second-order valence-electron chi connectivity index (χ2n) is 7.29. The first-order valence-electron chi connectivity index (χ1n) is 9.17. The lowest BCUT2D eigenvalue weighted by Gasteiger charge is -2.15. The number of rotatable bonds is 9. The zero-order valence-corrected chi connectivity index (χ0v) is 18.0. The van der Waals surface area contributed by atoms with Gasteiger partial charge < -0.3 is 14.2 Å². The van der Waals surface area contributed by atoms with Crippen molar-refractivity contribution in [3.63, 3.8) is 0 Å². The summed E-state index contributed by atoms with van der Waals surface area (Å²) < 4.78 is 32.7. The Bertz CT molecular complexity index is 813. The molecular formula is C22H29NO4S. The third-order valence-corrected chi connectivity index (χ3v) is 5.43. The third kappa shape index (κ3) is 6.46. The van der Waals surface area contributed by atoms with Crippen LogP contribution >= 0.6 is 0 Å². The molecule has 2 rings (SSSR count). The SMILES string of the molecule is COc1cc(/C=N/[S@](=O)C(C)(C)C)c(CCOCc2ccccc2)cc1OC. The number of nitrogens with zero attached hydrogens (tertiary/aromatic N) is 1. The van der Waals surface area contributed by atoms with Gasteiger partial charge in [0, 0.05) is 11.8 Å². The Balaban J connectivity index is 2.15. The van der Waals surface area contributed by atoms with E-state index in [1.165, 1.54) is 0 Å². The molecule has 0 aliphatic carbocycles. The smallest absolute Gasteiger partial charge is 0.161 e. The van der Waals surface area contributed by atoms with Crippen LogP contribution in [0.1, 0.15) is 37.5 Å². The highest BCUT2D eigenvalue weighted by Gasteiger charge is 2.18. The van der Waals surface area contributed by atoms with Crippen LogP contribution in [0, 0.1) is 0 Å². The molecule has 28 heavy (non-hydrogen) atoms. The molecule has 0 aliphatic rings. The summed E-state index contributed by atoms with van der Waals surface area (Å²) in [5.41, 5.74) is 2.98. The fourth-order valence-corrected chi connectivity index (χ4v) is 3.01. The van der Waals surface area contributed by atoms with E-state index in [2.05, 4.69) is 4.40 Å². The summed E-state index contributed by atoms with van der Waals surface area (Å²) in [4.78, 5) is 0. The van der Waals surface area contributed by atoms with Crippen molar-refractivity contribution in [1.29, 1.82) is 0 Å². The van der Waals surface area contributed by atoms with Crippen LogP contribution in [-0.2, 0) is 28.8 Å². The summed E-state index contributed by atoms with van der Waals surface area (Å²) in [6.07, 6.45) is 2.33. The van der Waals surface area contributed by atoms with Gasteiger partial charge in [0.15, 0.2) is 11.5 Å². The highest BCUT2D eigenvalue weighted by atomic mass is 32.2. The van der Waals surface area contributed by atoms with Crippen molar-refractivity contribution in [3.8, 4) is 11.5 Å². The minimum absolute atomic E-state index is 0.411. The molecule has 0 unspecified atom stereocenters. The highest BCUT2D eigenvalue weighted by molar-refractivity contribution is 7.85. The van der Waals surface area contributed by atoms with E-state index in [4.69, 9.17) is 14.2 Å². The number of methoxy groups -OCH3 is 2. The lowest BCUT2D eigenvalue weighted by Crippen LogP contribution is -2.19. The van der Waals surface area contributed by atoms with E-state index in [0.29, 0.717) is 31.1 Å². The van der Waals surface area contributed by atoms with Crippen molar-refractivity contribution in [1.82, 2.24) is 0 Å². The molecule has 0 heterocycles. The van der Waals surface area contributed by atoms with Gasteiger partial charge in [0.25, 0.3) is 0 Å². The van der Waals surface area contributed by atoms with Crippen LogP contribution in [0.5, 0.6) is 11.5 Å². The molecule has 0 N–H and O–H groups in total. The number of ether oxygens (including phenoxy) is 3. The van der Waals surface area contributed by atoms with Crippen molar-refractivity contribution in [2.24, 2.45) is 4.40 Å². The first-order valence-corrected chi connectivity index (χ1v) is 10.3. The summed E-state index contributed by atoms with van der Waals surface area (Å²) >= 11 is 0. The summed E-state index contributed by atoms with van der Waals surface area (Å²) in [5.74, 6) is 1.26. The van der Waals surface area contributed by atoms with Gasteiger partial charge >= 0.3 is 0 Å². The molecule has 0 aromatic heterocycles. The van der Waals surface area contributed by atoms with Gasteiger partial charge in [-0.25, -0.2) is 4.21 Å². The summed E-state index contributed by atoms with van der Waals surface area (Å²) in [6, 6.07) is 13.8. The number of hydrogen-bond donors (Lipinski definition) is 0. The maximum Gasteiger partial charge on any atom is 0.161 e. The predicted molar refractivity (Wildman–Crippen MR) is 115 cm³/mol. The molecule has 152 valence electrons. The van der Waals surface area contributed by atoms with E-state index >= 15 is 0 Å². The molecule has 0 bridgehead atoms. The van der Waals surface area contributed by atoms with Crippen LogP contribution in [0.4, 0.5) is 0 Å². The molecule has 0 fully saturated rings. The van der Waals surface area contributed by atoms with Gasteiger partial charge in [0.1, 0.15) is 11.0 Å². The van der Waals surface area contributed by atoms with Gasteiger partial charge in [-0.15, -0.1) is 0 Å². The zero-order valence-electron chi connectivity index (χ0n) is 17.2. The second kappa shape index (κ2) is 10.4. The fourth-order valence-electron chi connectivity index (χ4n) is 2.48. The van der Waals surface area contributed by atoms with Crippen LogP contribution in [0.3, 0.4) is 0 Å². The Morgan fingerprint density at radius 1 is 1.04 bits per heavy atom. The molecule has 1 atom stereocenters. The molecule has 0 amide bonds. The van der Waals surface area contributed by atoms with Crippen LogP contribution in [-0.4, -0.2) is 36.0 Å². The van der Waals surface area contributed by atoms with Gasteiger partial charge in [0.2, 0.25) is 0 Å². The van der Waals surface area contributed by atoms with E-state index in [9.17, 15) is 4.21 Å². The molecular weight excluding hydrogens is 374 g/mol. The van der Waals surface area contributed by atoms with Crippen LogP contribution in [0.2, 0.25) is 0 Å². The Kier molecular flexibility index (Phi) is 8.20. The highest BCUT2D eigenvalue weighted by Crippen LogP contribution is 2.30. The van der Waals surface area contributed by atoms with Crippen molar-refractivity contribution in [2.75, 3.05) is 20.8 Å². The maximum atomic E-state index is 12.3. The van der Waals surface area contributed by atoms with Gasteiger partial charge in [-0.1, -0.05) is 30.3 Å². The molecule has 5 nitrogen and oxygen atoms in total. The van der Waals surface area contributed by atoms with E-state index < -0.39 is 15.7 Å². The van der Waals surface area contributed by atoms with Crippen LogP contribution in [0.15, 0.2) is 46.9 Å². The van der Waals surface area contributed by atoms with Crippen LogP contribution in [0.25, 0.3) is 0 Å². The van der Waals surface area contributed by atoms with E-state index in [1.54, 1.807) is 20.4 Å². The maximum absolute atomic E-state index is 12.3. The normalized spacial score (nSPS) is 12.9. The topological polar surface area (TPSA) is 57.1 Å². The molecule has 0 aliphatic heterocycles. The Labute approximate surface area is 170 Å². The van der Waals surface area contributed by atoms with E-state index in [0.717, 1.165) is 16.7 Å². The molecule has 2 aromatic rings. The average molecular weight is 404 g/mol. The fraction of sp³-hybridized carbons (Fsp3) is 0.409. The van der Waals surface area contributed by atoms with Crippen molar-refractivity contribution in [2.45, 2.75) is 38.5 Å². The number of benzene rings is 2. The molecule has 0 spiro atoms. The zero-order chi connectivity index (χ0) is 20.6. The van der Waals surface area contributed by atoms with E-state index in [-0.39, 0.29) is 0 Å². The first kappa shape index (κ1) is 22.1. The van der Waals surface area contributed by atoms with Crippen molar-refractivity contribution < 1.29 is 18.4 Å². The molecule has 6 heteroatoms. The molecule has 2 aromatic carbocycles. The van der Waals surface area contributed by atoms with Gasteiger partial charge in [-0.3, -0.25) is 0 Å². The summed E-state index contributed by atoms with van der Waals surface area (Å²) in [7, 11) is 1.87. The second-order valence-corrected chi connectivity index (χ2v) is 9.22. The largest absolute Gasteiger partial charge is 0.493 e. The molecule has 0 radical (unpaired) electrons. The van der Waals surface area contributed by atoms with Gasteiger partial charge in [-0.2, -0.15) is 4.40 Å². The van der Waals surface area contributed by atoms with Gasteiger partial charge in [0.05, 0.1) is 32.2 Å². The Morgan fingerprint density at radius 2 is 1.68 bits per heavy atom. The van der Waals surface area contributed by atoms with Crippen molar-refractivity contribution in [3.05, 3.63) is 59.2 Å². The van der Waals surface area contributed by atoms with Crippen LogP contribution < -0.4 is 9.47 Å². The minimum atomic E-state index is -1.33. The van der Waals surface area contributed by atoms with Gasteiger partial charge in [-0.05, 0) is 50.5 Å². The lowest BCUT2D eigenvalue weighted by atomic mass is 10.0.